The van der Waals surface area contributed by atoms with Crippen molar-refractivity contribution in [1.82, 2.24) is 0 Å². The monoisotopic (exact) mass is 366 g/mol. The zero-order chi connectivity index (χ0) is 18.3. The Morgan fingerprint density at radius 1 is 0.792 bits per heavy atom. The third kappa shape index (κ3) is 17.6. The highest BCUT2D eigenvalue weighted by Gasteiger charge is 2.35. The summed E-state index contributed by atoms with van der Waals surface area (Å²) < 4.78 is 41.3. The van der Waals surface area contributed by atoms with Crippen LogP contribution in [0.1, 0.15) is 84.0 Å². The van der Waals surface area contributed by atoms with Gasteiger partial charge >= 0.3 is 15.0 Å². The summed E-state index contributed by atoms with van der Waals surface area (Å²) in [5.41, 5.74) is 0.442. The van der Waals surface area contributed by atoms with Crippen LogP contribution < -0.4 is 0 Å². The van der Waals surface area contributed by atoms with Crippen molar-refractivity contribution in [2.75, 3.05) is 6.61 Å². The number of carbonyl (C=O) groups is 1. The molecule has 0 aliphatic carbocycles. The van der Waals surface area contributed by atoms with Gasteiger partial charge in [0.25, 0.3) is 0 Å². The molecule has 24 heavy (non-hydrogen) atoms. The predicted molar refractivity (Wildman–Crippen MR) is 95.1 cm³/mol. The first-order valence-corrected chi connectivity index (χ1v) is 11.1. The molecule has 0 spiro atoms. The van der Waals surface area contributed by atoms with Gasteiger partial charge < -0.3 is 4.74 Å². The number of ether oxygens (including phenoxy) is 1. The molecule has 0 aliphatic rings. The molecule has 0 rings (SSSR count). The van der Waals surface area contributed by atoms with E-state index in [-0.39, 0.29) is 5.97 Å². The lowest BCUT2D eigenvalue weighted by Crippen LogP contribution is -2.13. The van der Waals surface area contributed by atoms with Gasteiger partial charge in [0.2, 0.25) is 0 Å². The summed E-state index contributed by atoms with van der Waals surface area (Å²) in [5, 5.41) is 0. The van der Waals surface area contributed by atoms with E-state index in [1.54, 1.807) is 6.92 Å². The molecular weight excluding hydrogens is 333 g/mol. The van der Waals surface area contributed by atoms with E-state index in [9.17, 15) is 17.1 Å². The molecule has 0 radical (unpaired) electrons. The SMILES string of the molecule is C=C(C)C(=O)OCCCCCCCCCCCCCC[Si](F)(F)F. The predicted octanol–water partition coefficient (Wildman–Crippen LogP) is 6.63. The summed E-state index contributed by atoms with van der Waals surface area (Å²) in [6.07, 6.45) is 12.1. The van der Waals surface area contributed by atoms with Gasteiger partial charge in [-0.2, -0.15) is 0 Å². The first-order valence-electron chi connectivity index (χ1n) is 9.22. The van der Waals surface area contributed by atoms with Gasteiger partial charge in [0.05, 0.1) is 6.61 Å². The number of carbonyl (C=O) groups excluding carboxylic acids is 1. The number of esters is 1. The van der Waals surface area contributed by atoms with Crippen molar-refractivity contribution < 1.29 is 21.9 Å². The third-order valence-electron chi connectivity index (χ3n) is 3.94. The Labute approximate surface area is 146 Å². The Hall–Kier alpha value is -0.783. The summed E-state index contributed by atoms with van der Waals surface area (Å²) in [4.78, 5) is 11.1. The molecule has 0 atom stereocenters. The van der Waals surface area contributed by atoms with E-state index in [2.05, 4.69) is 6.58 Å². The van der Waals surface area contributed by atoms with Gasteiger partial charge in [0, 0.05) is 11.6 Å². The maximum Gasteiger partial charge on any atom is 0.616 e. The van der Waals surface area contributed by atoms with Crippen LogP contribution >= 0.6 is 0 Å². The van der Waals surface area contributed by atoms with Crippen molar-refractivity contribution >= 4 is 15.0 Å². The molecule has 0 bridgehead atoms. The number of hydrogen-bond donors (Lipinski definition) is 0. The van der Waals surface area contributed by atoms with Crippen LogP contribution in [-0.2, 0) is 9.53 Å². The third-order valence-corrected chi connectivity index (χ3v) is 4.86. The van der Waals surface area contributed by atoms with E-state index < -0.39 is 15.1 Å². The summed E-state index contributed by atoms with van der Waals surface area (Å²) in [6.45, 7) is 5.65. The number of hydrogen-bond acceptors (Lipinski definition) is 2. The fraction of sp³-hybridized carbons (Fsp3) is 0.833. The van der Waals surface area contributed by atoms with Crippen LogP contribution in [0.5, 0.6) is 0 Å². The number of unbranched alkanes of at least 4 members (excludes halogenated alkanes) is 11. The zero-order valence-corrected chi connectivity index (χ0v) is 16.1. The van der Waals surface area contributed by atoms with Crippen LogP contribution in [0, 0.1) is 0 Å². The maximum absolute atomic E-state index is 12.1. The molecule has 142 valence electrons. The van der Waals surface area contributed by atoms with E-state index >= 15 is 0 Å². The molecule has 0 unspecified atom stereocenters. The van der Waals surface area contributed by atoms with Crippen LogP contribution in [-0.4, -0.2) is 21.7 Å². The second-order valence-electron chi connectivity index (χ2n) is 6.52. The number of rotatable bonds is 16. The van der Waals surface area contributed by atoms with E-state index in [4.69, 9.17) is 4.74 Å². The number of halogens is 3. The van der Waals surface area contributed by atoms with E-state index in [0.717, 1.165) is 44.9 Å². The first kappa shape index (κ1) is 23.2. The van der Waals surface area contributed by atoms with Crippen molar-refractivity contribution in [3.8, 4) is 0 Å². The van der Waals surface area contributed by atoms with Gasteiger partial charge in [0.15, 0.2) is 0 Å². The van der Waals surface area contributed by atoms with Crippen LogP contribution in [0.2, 0.25) is 6.04 Å². The van der Waals surface area contributed by atoms with E-state index in [0.29, 0.717) is 18.6 Å². The minimum atomic E-state index is -5.30. The lowest BCUT2D eigenvalue weighted by atomic mass is 10.1. The van der Waals surface area contributed by atoms with E-state index in [1.165, 1.54) is 25.7 Å². The molecule has 0 saturated carbocycles. The lowest BCUT2D eigenvalue weighted by Gasteiger charge is -2.05. The minimum Gasteiger partial charge on any atom is -0.462 e. The second-order valence-corrected chi connectivity index (χ2v) is 8.25. The molecule has 0 heterocycles. The average molecular weight is 367 g/mol. The highest BCUT2D eigenvalue weighted by molar-refractivity contribution is 6.58. The van der Waals surface area contributed by atoms with Crippen LogP contribution in [0.15, 0.2) is 12.2 Å². The summed E-state index contributed by atoms with van der Waals surface area (Å²) >= 11 is 0. The van der Waals surface area contributed by atoms with Crippen LogP contribution in [0.3, 0.4) is 0 Å². The maximum atomic E-state index is 12.1. The van der Waals surface area contributed by atoms with E-state index in [1.807, 2.05) is 0 Å². The van der Waals surface area contributed by atoms with Crippen molar-refractivity contribution in [2.45, 2.75) is 90.0 Å². The van der Waals surface area contributed by atoms with Crippen molar-refractivity contribution in [2.24, 2.45) is 0 Å². The molecular formula is C18H33F3O2Si. The fourth-order valence-corrected chi connectivity index (χ4v) is 3.13. The van der Waals surface area contributed by atoms with Gasteiger partial charge in [-0.1, -0.05) is 70.8 Å². The zero-order valence-electron chi connectivity index (χ0n) is 15.1. The molecule has 0 aromatic heterocycles. The molecule has 0 aromatic carbocycles. The molecule has 6 heteroatoms. The smallest absolute Gasteiger partial charge is 0.462 e. The van der Waals surface area contributed by atoms with Crippen molar-refractivity contribution in [3.05, 3.63) is 12.2 Å². The largest absolute Gasteiger partial charge is 0.616 e. The quantitative estimate of drug-likeness (QED) is 0.101. The lowest BCUT2D eigenvalue weighted by molar-refractivity contribution is -0.139. The Bertz CT molecular complexity index is 344. The van der Waals surface area contributed by atoms with Gasteiger partial charge in [-0.3, -0.25) is 0 Å². The Morgan fingerprint density at radius 2 is 1.17 bits per heavy atom. The standard InChI is InChI=1S/C18H33F3O2Si/c1-17(2)18(22)23-15-13-11-9-7-5-3-4-6-8-10-12-14-16-24(19,20)21/h1,3-16H2,2H3. The molecule has 0 amide bonds. The average Bonchev–Trinajstić information content (AvgIpc) is 2.49. The second kappa shape index (κ2) is 14.6. The highest BCUT2D eigenvalue weighted by atomic mass is 28.5. The summed E-state index contributed by atoms with van der Waals surface area (Å²) in [6, 6.07) is -0.501. The first-order chi connectivity index (χ1) is 11.3. The molecule has 0 fully saturated rings. The summed E-state index contributed by atoms with van der Waals surface area (Å²) in [7, 11) is -5.30. The van der Waals surface area contributed by atoms with Gasteiger partial charge in [-0.25, -0.2) is 17.1 Å². The Balaban J connectivity index is 3.13. The Kier molecular flexibility index (Phi) is 14.1. The molecule has 0 saturated heterocycles. The molecule has 0 aliphatic heterocycles. The van der Waals surface area contributed by atoms with Crippen LogP contribution in [0.4, 0.5) is 12.3 Å². The van der Waals surface area contributed by atoms with Gasteiger partial charge in [-0.15, -0.1) is 0 Å². The molecule has 2 nitrogen and oxygen atoms in total. The Morgan fingerprint density at radius 3 is 1.54 bits per heavy atom. The summed E-state index contributed by atoms with van der Waals surface area (Å²) in [5.74, 6) is -0.310. The minimum absolute atomic E-state index is 0.310. The van der Waals surface area contributed by atoms with Crippen molar-refractivity contribution in [1.29, 1.82) is 0 Å². The fourth-order valence-electron chi connectivity index (χ4n) is 2.48. The van der Waals surface area contributed by atoms with Gasteiger partial charge in [0.1, 0.15) is 0 Å². The molecule has 0 aromatic rings. The van der Waals surface area contributed by atoms with Crippen LogP contribution in [0.25, 0.3) is 0 Å². The van der Waals surface area contributed by atoms with Gasteiger partial charge in [-0.05, 0) is 19.8 Å². The highest BCUT2D eigenvalue weighted by Crippen LogP contribution is 2.19. The topological polar surface area (TPSA) is 26.3 Å². The molecule has 0 N–H and O–H groups in total. The normalized spacial score (nSPS) is 11.5. The van der Waals surface area contributed by atoms with Crippen molar-refractivity contribution in [3.63, 3.8) is 0 Å².